The molecule has 2 N–H and O–H groups in total. The molecule has 0 heterocycles. The number of esters is 1. The van der Waals surface area contributed by atoms with Crippen molar-refractivity contribution in [1.82, 2.24) is 5.48 Å². The highest BCUT2D eigenvalue weighted by atomic mass is 16.5. The summed E-state index contributed by atoms with van der Waals surface area (Å²) in [6, 6.07) is 9.40. The molecule has 0 radical (unpaired) electrons. The van der Waals surface area contributed by atoms with Crippen LogP contribution in [0.3, 0.4) is 0 Å². The van der Waals surface area contributed by atoms with Crippen molar-refractivity contribution in [3.63, 3.8) is 0 Å². The summed E-state index contributed by atoms with van der Waals surface area (Å²) in [5.41, 5.74) is 3.30. The van der Waals surface area contributed by atoms with Crippen molar-refractivity contribution in [2.24, 2.45) is 0 Å². The van der Waals surface area contributed by atoms with Gasteiger partial charge in [-0.1, -0.05) is 36.9 Å². The molecular formula is C13H17NO3. The first kappa shape index (κ1) is 13.3. The Hall–Kier alpha value is -1.81. The molecule has 0 aliphatic rings. The molecule has 0 saturated carbocycles. The number of hydrogen-bond acceptors (Lipinski definition) is 4. The number of rotatable bonds is 6. The molecule has 0 fully saturated rings. The molecule has 0 bridgehead atoms. The lowest BCUT2D eigenvalue weighted by Crippen LogP contribution is -2.18. The van der Waals surface area contributed by atoms with E-state index in [-0.39, 0.29) is 18.3 Å². The predicted octanol–water partition coefficient (Wildman–Crippen LogP) is 2.22. The van der Waals surface area contributed by atoms with E-state index in [0.717, 1.165) is 5.56 Å². The molecule has 1 aromatic rings. The van der Waals surface area contributed by atoms with Crippen LogP contribution in [0.15, 0.2) is 42.6 Å². The van der Waals surface area contributed by atoms with Crippen molar-refractivity contribution in [2.75, 3.05) is 6.61 Å². The Balaban J connectivity index is 2.82. The summed E-state index contributed by atoms with van der Waals surface area (Å²) >= 11 is 0. The molecule has 0 aromatic heterocycles. The van der Waals surface area contributed by atoms with Gasteiger partial charge in [-0.05, 0) is 12.5 Å². The van der Waals surface area contributed by atoms with E-state index in [1.807, 2.05) is 35.8 Å². The van der Waals surface area contributed by atoms with Gasteiger partial charge in [0, 0.05) is 11.6 Å². The van der Waals surface area contributed by atoms with Crippen LogP contribution in [-0.2, 0) is 9.53 Å². The third kappa shape index (κ3) is 3.92. The first-order chi connectivity index (χ1) is 8.19. The lowest BCUT2D eigenvalue weighted by molar-refractivity contribution is -0.143. The molecule has 4 heteroatoms. The number of hydroxylamine groups is 1. The minimum absolute atomic E-state index is 0.157. The monoisotopic (exact) mass is 235 g/mol. The third-order valence-electron chi connectivity index (χ3n) is 2.44. The van der Waals surface area contributed by atoms with Gasteiger partial charge < -0.3 is 4.74 Å². The van der Waals surface area contributed by atoms with Crippen molar-refractivity contribution in [2.45, 2.75) is 19.3 Å². The summed E-state index contributed by atoms with van der Waals surface area (Å²) in [7, 11) is 0. The van der Waals surface area contributed by atoms with E-state index in [1.54, 1.807) is 6.92 Å². The number of nitrogens with one attached hydrogen (secondary N) is 1. The topological polar surface area (TPSA) is 58.6 Å². The summed E-state index contributed by atoms with van der Waals surface area (Å²) in [4.78, 5) is 11.5. The number of carbonyl (C=O) groups is 1. The van der Waals surface area contributed by atoms with Gasteiger partial charge in [-0.2, -0.15) is 0 Å². The second-order valence-electron chi connectivity index (χ2n) is 3.61. The minimum Gasteiger partial charge on any atom is -0.466 e. The molecule has 0 spiro atoms. The van der Waals surface area contributed by atoms with Crippen molar-refractivity contribution >= 4 is 5.97 Å². The van der Waals surface area contributed by atoms with Crippen LogP contribution in [0.5, 0.6) is 0 Å². The molecule has 0 amide bonds. The largest absolute Gasteiger partial charge is 0.466 e. The molecule has 17 heavy (non-hydrogen) atoms. The maximum atomic E-state index is 11.5. The lowest BCUT2D eigenvalue weighted by Gasteiger charge is -2.18. The molecule has 0 saturated heterocycles. The molecule has 0 unspecified atom stereocenters. The van der Waals surface area contributed by atoms with E-state index in [2.05, 4.69) is 6.58 Å². The molecule has 0 aliphatic carbocycles. The van der Waals surface area contributed by atoms with Crippen molar-refractivity contribution in [1.29, 1.82) is 0 Å². The van der Waals surface area contributed by atoms with Crippen LogP contribution in [0, 0.1) is 0 Å². The molecule has 1 atom stereocenters. The number of benzene rings is 1. The van der Waals surface area contributed by atoms with Crippen LogP contribution in [0.4, 0.5) is 0 Å². The Labute approximate surface area is 101 Å². The minimum atomic E-state index is -0.308. The molecule has 0 aliphatic heterocycles. The zero-order chi connectivity index (χ0) is 12.7. The van der Waals surface area contributed by atoms with Crippen LogP contribution in [0.2, 0.25) is 0 Å². The van der Waals surface area contributed by atoms with E-state index < -0.39 is 0 Å². The number of carbonyl (C=O) groups excluding carboxylic acids is 1. The van der Waals surface area contributed by atoms with E-state index in [4.69, 9.17) is 9.94 Å². The van der Waals surface area contributed by atoms with Crippen molar-refractivity contribution in [3.05, 3.63) is 48.2 Å². The Morgan fingerprint density at radius 3 is 2.65 bits per heavy atom. The third-order valence-corrected chi connectivity index (χ3v) is 2.44. The molecule has 4 nitrogen and oxygen atoms in total. The molecule has 1 aromatic carbocycles. The highest BCUT2D eigenvalue weighted by molar-refractivity contribution is 5.71. The molecular weight excluding hydrogens is 218 g/mol. The van der Waals surface area contributed by atoms with Crippen LogP contribution < -0.4 is 5.48 Å². The highest BCUT2D eigenvalue weighted by Gasteiger charge is 2.19. The first-order valence-electron chi connectivity index (χ1n) is 5.48. The SMILES string of the molecule is C=C(NO)[C@H](CC(=O)OCC)c1ccccc1. The van der Waals surface area contributed by atoms with Crippen LogP contribution in [-0.4, -0.2) is 17.8 Å². The Kier molecular flexibility index (Phi) is 5.23. The Bertz CT molecular complexity index is 376. The van der Waals surface area contributed by atoms with Gasteiger partial charge in [0.1, 0.15) is 0 Å². The van der Waals surface area contributed by atoms with Gasteiger partial charge in [0.25, 0.3) is 0 Å². The summed E-state index contributed by atoms with van der Waals surface area (Å²) < 4.78 is 4.90. The van der Waals surface area contributed by atoms with Crippen molar-refractivity contribution in [3.8, 4) is 0 Å². The maximum absolute atomic E-state index is 11.5. The predicted molar refractivity (Wildman–Crippen MR) is 64.5 cm³/mol. The fourth-order valence-electron chi connectivity index (χ4n) is 1.59. The summed E-state index contributed by atoms with van der Waals surface area (Å²) in [5.74, 6) is -0.599. The Morgan fingerprint density at radius 2 is 2.12 bits per heavy atom. The van der Waals surface area contributed by atoms with Crippen molar-refractivity contribution < 1.29 is 14.7 Å². The number of hydrogen-bond donors (Lipinski definition) is 2. The second kappa shape index (κ2) is 6.70. The fraction of sp³-hybridized carbons (Fsp3) is 0.308. The zero-order valence-electron chi connectivity index (χ0n) is 9.85. The normalized spacial score (nSPS) is 11.6. The van der Waals surface area contributed by atoms with Gasteiger partial charge in [0.05, 0.1) is 13.0 Å². The maximum Gasteiger partial charge on any atom is 0.306 e. The summed E-state index contributed by atoms with van der Waals surface area (Å²) in [5, 5.41) is 8.91. The van der Waals surface area contributed by atoms with Crippen LogP contribution >= 0.6 is 0 Å². The van der Waals surface area contributed by atoms with E-state index in [0.29, 0.717) is 12.3 Å². The average molecular weight is 235 g/mol. The van der Waals surface area contributed by atoms with Gasteiger partial charge in [-0.15, -0.1) is 0 Å². The van der Waals surface area contributed by atoms with E-state index in [1.165, 1.54) is 0 Å². The highest BCUT2D eigenvalue weighted by Crippen LogP contribution is 2.25. The quantitative estimate of drug-likeness (QED) is 0.586. The second-order valence-corrected chi connectivity index (χ2v) is 3.61. The first-order valence-corrected chi connectivity index (χ1v) is 5.48. The van der Waals surface area contributed by atoms with E-state index in [9.17, 15) is 4.79 Å². The Morgan fingerprint density at radius 1 is 1.47 bits per heavy atom. The van der Waals surface area contributed by atoms with Crippen LogP contribution in [0.25, 0.3) is 0 Å². The smallest absolute Gasteiger partial charge is 0.306 e. The molecule has 92 valence electrons. The van der Waals surface area contributed by atoms with Gasteiger partial charge in [-0.3, -0.25) is 15.5 Å². The van der Waals surface area contributed by atoms with Crippen LogP contribution in [0.1, 0.15) is 24.8 Å². The van der Waals surface area contributed by atoms with Gasteiger partial charge >= 0.3 is 5.97 Å². The molecule has 1 rings (SSSR count). The van der Waals surface area contributed by atoms with Gasteiger partial charge in [0.2, 0.25) is 0 Å². The average Bonchev–Trinajstić information content (AvgIpc) is 2.36. The summed E-state index contributed by atoms with van der Waals surface area (Å²) in [6.07, 6.45) is 0.157. The number of ether oxygens (including phenoxy) is 1. The number of allylic oxidation sites excluding steroid dienone is 1. The summed E-state index contributed by atoms with van der Waals surface area (Å²) in [6.45, 7) is 5.80. The lowest BCUT2D eigenvalue weighted by atomic mass is 9.93. The zero-order valence-corrected chi connectivity index (χ0v) is 9.85. The fourth-order valence-corrected chi connectivity index (χ4v) is 1.59. The van der Waals surface area contributed by atoms with Gasteiger partial charge in [0.15, 0.2) is 0 Å². The van der Waals surface area contributed by atoms with Gasteiger partial charge in [-0.25, -0.2) is 0 Å². The standard InChI is InChI=1S/C13H17NO3/c1-3-17-13(15)9-12(10(2)14-16)11-7-5-4-6-8-11/h4-8,12,14,16H,2-3,9H2,1H3/t12-/m0/s1. The van der Waals surface area contributed by atoms with E-state index >= 15 is 0 Å².